The molecule has 2 heterocycles. The van der Waals surface area contributed by atoms with E-state index >= 15 is 0 Å². The van der Waals surface area contributed by atoms with Crippen molar-refractivity contribution in [3.05, 3.63) is 0 Å². The predicted molar refractivity (Wildman–Crippen MR) is 88.8 cm³/mol. The summed E-state index contributed by atoms with van der Waals surface area (Å²) in [5.74, 6) is 0.113. The van der Waals surface area contributed by atoms with Gasteiger partial charge in [-0.2, -0.15) is 0 Å². The van der Waals surface area contributed by atoms with Crippen LogP contribution in [0.15, 0.2) is 0 Å². The van der Waals surface area contributed by atoms with Crippen LogP contribution in [0.25, 0.3) is 0 Å². The smallest absolute Gasteiger partial charge is 0.253 e. The molecule has 2 aliphatic heterocycles. The Morgan fingerprint density at radius 1 is 1.23 bits per heavy atom. The molecule has 0 bridgehead atoms. The average molecular weight is 357 g/mol. The molecule has 2 aliphatic rings. The highest BCUT2D eigenvalue weighted by Gasteiger charge is 2.29. The Kier molecular flexibility index (Phi) is 10.7. The van der Waals surface area contributed by atoms with Crippen LogP contribution >= 0.6 is 24.8 Å². The first-order valence-corrected chi connectivity index (χ1v) is 7.31. The molecule has 0 aromatic rings. The molecule has 2 amide bonds. The average Bonchev–Trinajstić information content (AvgIpc) is 2.48. The van der Waals surface area contributed by atoms with Gasteiger partial charge in [-0.25, -0.2) is 0 Å². The van der Waals surface area contributed by atoms with Crippen molar-refractivity contribution in [1.82, 2.24) is 20.4 Å². The van der Waals surface area contributed by atoms with E-state index in [4.69, 9.17) is 4.74 Å². The van der Waals surface area contributed by atoms with E-state index in [-0.39, 0.29) is 42.7 Å². The number of likely N-dealkylation sites (N-methyl/N-ethyl adjacent to an activating group) is 1. The van der Waals surface area contributed by atoms with Crippen LogP contribution in [0.2, 0.25) is 0 Å². The highest BCUT2D eigenvalue weighted by Crippen LogP contribution is 2.07. The molecule has 130 valence electrons. The minimum absolute atomic E-state index is 0. The first-order valence-electron chi connectivity index (χ1n) is 7.31. The van der Waals surface area contributed by atoms with Gasteiger partial charge in [-0.1, -0.05) is 0 Å². The number of halogens is 2. The summed E-state index contributed by atoms with van der Waals surface area (Å²) in [6.45, 7) is 7.78. The summed E-state index contributed by atoms with van der Waals surface area (Å²) in [4.78, 5) is 27.7. The van der Waals surface area contributed by atoms with Crippen molar-refractivity contribution in [3.63, 3.8) is 0 Å². The molecule has 0 aromatic heterocycles. The molecule has 0 radical (unpaired) electrons. The monoisotopic (exact) mass is 356 g/mol. The summed E-state index contributed by atoms with van der Waals surface area (Å²) in [6, 6.07) is 0. The fraction of sp³-hybridized carbons (Fsp3) is 0.846. The molecule has 2 saturated heterocycles. The third-order valence-electron chi connectivity index (χ3n) is 3.63. The first-order chi connectivity index (χ1) is 9.70. The molecule has 2 N–H and O–H groups in total. The van der Waals surface area contributed by atoms with Gasteiger partial charge in [0.2, 0.25) is 5.91 Å². The van der Waals surface area contributed by atoms with Crippen molar-refractivity contribution in [1.29, 1.82) is 0 Å². The number of hydrogen-bond donors (Lipinski definition) is 2. The number of carbonyl (C=O) groups excluding carboxylic acids is 2. The number of hydrogen-bond acceptors (Lipinski definition) is 5. The summed E-state index contributed by atoms with van der Waals surface area (Å²) >= 11 is 0. The number of nitrogens with zero attached hydrogens (tertiary/aromatic N) is 2. The second-order valence-corrected chi connectivity index (χ2v) is 5.12. The molecular formula is C13H26Cl2N4O3. The summed E-state index contributed by atoms with van der Waals surface area (Å²) in [5, 5.41) is 5.96. The SMILES string of the molecule is CCNC(=O)CN1CCN(C(=O)C2CNCCO2)CC1.Cl.Cl. The summed E-state index contributed by atoms with van der Waals surface area (Å²) in [6.07, 6.45) is -0.348. The van der Waals surface area contributed by atoms with Crippen molar-refractivity contribution >= 4 is 36.6 Å². The maximum absolute atomic E-state index is 12.2. The van der Waals surface area contributed by atoms with E-state index in [9.17, 15) is 9.59 Å². The normalized spacial score (nSPS) is 22.2. The van der Waals surface area contributed by atoms with Gasteiger partial charge in [-0.3, -0.25) is 14.5 Å². The molecule has 0 aliphatic carbocycles. The minimum Gasteiger partial charge on any atom is -0.366 e. The molecule has 2 rings (SSSR count). The molecular weight excluding hydrogens is 331 g/mol. The van der Waals surface area contributed by atoms with Crippen LogP contribution in [0.5, 0.6) is 0 Å². The zero-order valence-corrected chi connectivity index (χ0v) is 14.5. The lowest BCUT2D eigenvalue weighted by Gasteiger charge is -2.36. The highest BCUT2D eigenvalue weighted by molar-refractivity contribution is 5.85. The van der Waals surface area contributed by atoms with E-state index in [1.807, 2.05) is 11.8 Å². The Balaban J connectivity index is 0.00000220. The van der Waals surface area contributed by atoms with Crippen LogP contribution in [0, 0.1) is 0 Å². The van der Waals surface area contributed by atoms with Gasteiger partial charge in [0.1, 0.15) is 6.10 Å². The molecule has 22 heavy (non-hydrogen) atoms. The number of nitrogens with one attached hydrogen (secondary N) is 2. The fourth-order valence-corrected chi connectivity index (χ4v) is 2.51. The second kappa shape index (κ2) is 11.0. The Morgan fingerprint density at radius 3 is 2.45 bits per heavy atom. The van der Waals surface area contributed by atoms with E-state index in [0.717, 1.165) is 19.6 Å². The lowest BCUT2D eigenvalue weighted by Crippen LogP contribution is -2.56. The lowest BCUT2D eigenvalue weighted by atomic mass is 10.2. The van der Waals surface area contributed by atoms with Crippen LogP contribution in [-0.2, 0) is 14.3 Å². The second-order valence-electron chi connectivity index (χ2n) is 5.12. The molecule has 0 saturated carbocycles. The Morgan fingerprint density at radius 2 is 1.91 bits per heavy atom. The highest BCUT2D eigenvalue weighted by atomic mass is 35.5. The number of morpholine rings is 1. The molecule has 2 fully saturated rings. The molecule has 7 nitrogen and oxygen atoms in total. The van der Waals surface area contributed by atoms with Gasteiger partial charge in [0.15, 0.2) is 0 Å². The molecule has 1 atom stereocenters. The largest absolute Gasteiger partial charge is 0.366 e. The molecule has 0 spiro atoms. The third-order valence-corrected chi connectivity index (χ3v) is 3.63. The zero-order valence-electron chi connectivity index (χ0n) is 12.9. The number of amides is 2. The van der Waals surface area contributed by atoms with Crippen molar-refractivity contribution in [3.8, 4) is 0 Å². The van der Waals surface area contributed by atoms with Crippen LogP contribution in [-0.4, -0.2) is 86.7 Å². The Bertz CT molecular complexity index is 346. The summed E-state index contributed by atoms with van der Waals surface area (Å²) in [7, 11) is 0. The van der Waals surface area contributed by atoms with E-state index in [2.05, 4.69) is 15.5 Å². The third kappa shape index (κ3) is 6.26. The van der Waals surface area contributed by atoms with Gasteiger partial charge in [0, 0.05) is 45.8 Å². The van der Waals surface area contributed by atoms with E-state index in [1.54, 1.807) is 0 Å². The van der Waals surface area contributed by atoms with Gasteiger partial charge in [0.05, 0.1) is 13.2 Å². The van der Waals surface area contributed by atoms with Crippen molar-refractivity contribution < 1.29 is 14.3 Å². The number of rotatable bonds is 4. The standard InChI is InChI=1S/C13H24N4O3.2ClH/c1-2-15-12(18)10-16-4-6-17(7-5-16)13(19)11-9-14-3-8-20-11;;/h11,14H,2-10H2,1H3,(H,15,18);2*1H. The van der Waals surface area contributed by atoms with Gasteiger partial charge in [0.25, 0.3) is 5.91 Å². The van der Waals surface area contributed by atoms with E-state index in [1.165, 1.54) is 0 Å². The van der Waals surface area contributed by atoms with Gasteiger partial charge in [-0.15, -0.1) is 24.8 Å². The topological polar surface area (TPSA) is 73.9 Å². The number of ether oxygens (including phenoxy) is 1. The minimum atomic E-state index is -0.348. The quantitative estimate of drug-likeness (QED) is 0.682. The molecule has 0 aromatic carbocycles. The maximum Gasteiger partial charge on any atom is 0.253 e. The fourth-order valence-electron chi connectivity index (χ4n) is 2.51. The lowest BCUT2D eigenvalue weighted by molar-refractivity contribution is -0.147. The maximum atomic E-state index is 12.2. The van der Waals surface area contributed by atoms with Gasteiger partial charge >= 0.3 is 0 Å². The van der Waals surface area contributed by atoms with Gasteiger partial charge in [-0.05, 0) is 6.92 Å². The van der Waals surface area contributed by atoms with E-state index in [0.29, 0.717) is 39.3 Å². The van der Waals surface area contributed by atoms with Crippen molar-refractivity contribution in [2.24, 2.45) is 0 Å². The van der Waals surface area contributed by atoms with E-state index < -0.39 is 0 Å². The van der Waals surface area contributed by atoms with Crippen LogP contribution < -0.4 is 10.6 Å². The summed E-state index contributed by atoms with van der Waals surface area (Å²) in [5.41, 5.74) is 0. The Hall–Kier alpha value is -0.600. The molecule has 1 unspecified atom stereocenters. The van der Waals surface area contributed by atoms with Crippen LogP contribution in [0.3, 0.4) is 0 Å². The number of piperazine rings is 1. The predicted octanol–water partition coefficient (Wildman–Crippen LogP) is -0.901. The van der Waals surface area contributed by atoms with Crippen LogP contribution in [0.1, 0.15) is 6.92 Å². The molecule has 9 heteroatoms. The van der Waals surface area contributed by atoms with Crippen molar-refractivity contribution in [2.45, 2.75) is 13.0 Å². The van der Waals surface area contributed by atoms with Crippen molar-refractivity contribution in [2.75, 3.05) is 59.0 Å². The number of carbonyl (C=O) groups is 2. The summed E-state index contributed by atoms with van der Waals surface area (Å²) < 4.78 is 5.48. The Labute approximate surface area is 143 Å². The zero-order chi connectivity index (χ0) is 14.4. The first kappa shape index (κ1) is 21.4. The van der Waals surface area contributed by atoms with Crippen LogP contribution in [0.4, 0.5) is 0 Å². The van der Waals surface area contributed by atoms with Gasteiger partial charge < -0.3 is 20.3 Å².